The first-order valence-electron chi connectivity index (χ1n) is 9.78. The average Bonchev–Trinajstić information content (AvgIpc) is 2.96. The normalized spacial score (nSPS) is 15.6. The predicted octanol–water partition coefficient (Wildman–Crippen LogP) is 7.45. The highest BCUT2D eigenvalue weighted by Crippen LogP contribution is 2.39. The van der Waals surface area contributed by atoms with E-state index in [2.05, 4.69) is 74.4 Å². The smallest absolute Gasteiger partial charge is 0.147 e. The van der Waals surface area contributed by atoms with Gasteiger partial charge in [0.15, 0.2) is 0 Å². The summed E-state index contributed by atoms with van der Waals surface area (Å²) in [6.07, 6.45) is 6.01. The lowest BCUT2D eigenvalue weighted by Gasteiger charge is -2.34. The molecule has 1 aliphatic heterocycles. The molecule has 0 aliphatic carbocycles. The molecule has 1 fully saturated rings. The number of nitrogens with zero attached hydrogens (tertiary/aromatic N) is 3. The zero-order valence-electron chi connectivity index (χ0n) is 16.4. The van der Waals surface area contributed by atoms with Gasteiger partial charge < -0.3 is 4.90 Å². The number of piperidine rings is 1. The molecule has 0 radical (unpaired) electrons. The Morgan fingerprint density at radius 2 is 1.75 bits per heavy atom. The van der Waals surface area contributed by atoms with E-state index in [0.29, 0.717) is 5.02 Å². The van der Waals surface area contributed by atoms with Gasteiger partial charge in [0, 0.05) is 50.0 Å². The molecule has 2 aromatic heterocycles. The summed E-state index contributed by atoms with van der Waals surface area (Å²) in [4.78, 5) is 7.47. The van der Waals surface area contributed by atoms with Crippen molar-refractivity contribution in [3.8, 4) is 5.69 Å². The maximum atomic E-state index is 6.22. The van der Waals surface area contributed by atoms with E-state index in [4.69, 9.17) is 16.6 Å². The molecule has 0 saturated carbocycles. The van der Waals surface area contributed by atoms with E-state index in [1.54, 1.807) is 0 Å². The third-order valence-corrected chi connectivity index (χ3v) is 7.24. The van der Waals surface area contributed by atoms with Gasteiger partial charge in [-0.05, 0) is 88.2 Å². The van der Waals surface area contributed by atoms with E-state index >= 15 is 0 Å². The van der Waals surface area contributed by atoms with Crippen LogP contribution in [0.25, 0.3) is 16.7 Å². The number of aryl methyl sites for hydroxylation is 2. The van der Waals surface area contributed by atoms with Crippen molar-refractivity contribution >= 4 is 60.2 Å². The fraction of sp³-hybridized carbons (Fsp3) is 0.409. The zero-order chi connectivity index (χ0) is 20.0. The molecule has 6 heteroatoms. The third-order valence-electron chi connectivity index (χ3n) is 5.81. The highest BCUT2D eigenvalue weighted by molar-refractivity contribution is 9.11. The van der Waals surface area contributed by atoms with Crippen LogP contribution in [0, 0.1) is 19.8 Å². The summed E-state index contributed by atoms with van der Waals surface area (Å²) in [5.41, 5.74) is 5.61. The van der Waals surface area contributed by atoms with E-state index in [1.807, 2.05) is 12.1 Å². The maximum absolute atomic E-state index is 6.22. The molecule has 3 heterocycles. The van der Waals surface area contributed by atoms with Crippen molar-refractivity contribution in [2.75, 3.05) is 18.0 Å². The first-order chi connectivity index (χ1) is 13.4. The van der Waals surface area contributed by atoms with Crippen LogP contribution in [-0.4, -0.2) is 22.6 Å². The largest absolute Gasteiger partial charge is 0.371 e. The van der Waals surface area contributed by atoms with Crippen LogP contribution in [0.2, 0.25) is 5.02 Å². The van der Waals surface area contributed by atoms with E-state index in [0.717, 1.165) is 45.0 Å². The van der Waals surface area contributed by atoms with Crippen molar-refractivity contribution in [3.63, 3.8) is 0 Å². The van der Waals surface area contributed by atoms with Crippen LogP contribution in [0.15, 0.2) is 33.3 Å². The van der Waals surface area contributed by atoms with Crippen molar-refractivity contribution in [3.05, 3.63) is 49.6 Å². The summed E-state index contributed by atoms with van der Waals surface area (Å²) < 4.78 is 4.06. The molecule has 1 saturated heterocycles. The molecule has 1 aromatic carbocycles. The van der Waals surface area contributed by atoms with Crippen molar-refractivity contribution < 1.29 is 0 Å². The van der Waals surface area contributed by atoms with Gasteiger partial charge in [0.2, 0.25) is 0 Å². The van der Waals surface area contributed by atoms with Crippen LogP contribution in [0.5, 0.6) is 0 Å². The standard InChI is InChI=1S/C22H24Br2ClN3/c1-4-15-5-7-27(8-6-15)19-9-14(3)26-22-20(19)13(2)12-28(22)21-17(23)10-16(25)11-18(21)24/h9-12,15H,4-8H2,1-3H3. The quantitative estimate of drug-likeness (QED) is 0.354. The molecule has 0 unspecified atom stereocenters. The highest BCUT2D eigenvalue weighted by Gasteiger charge is 2.23. The zero-order valence-corrected chi connectivity index (χ0v) is 20.3. The van der Waals surface area contributed by atoms with Gasteiger partial charge in [0.05, 0.1) is 5.69 Å². The van der Waals surface area contributed by atoms with Crippen molar-refractivity contribution in [1.29, 1.82) is 0 Å². The molecule has 0 amide bonds. The topological polar surface area (TPSA) is 21.1 Å². The second-order valence-corrected chi connectivity index (χ2v) is 9.87. The molecule has 28 heavy (non-hydrogen) atoms. The number of fused-ring (bicyclic) bond motifs is 1. The van der Waals surface area contributed by atoms with Crippen molar-refractivity contribution in [2.45, 2.75) is 40.0 Å². The molecule has 4 rings (SSSR count). The minimum Gasteiger partial charge on any atom is -0.371 e. The molecular formula is C22H24Br2ClN3. The van der Waals surface area contributed by atoms with Crippen molar-refractivity contribution in [1.82, 2.24) is 9.55 Å². The van der Waals surface area contributed by atoms with Crippen LogP contribution >= 0.6 is 43.5 Å². The fourth-order valence-corrected chi connectivity index (χ4v) is 6.33. The first kappa shape index (κ1) is 20.2. The Labute approximate surface area is 188 Å². The number of hydrogen-bond acceptors (Lipinski definition) is 2. The van der Waals surface area contributed by atoms with Gasteiger partial charge in [-0.3, -0.25) is 4.57 Å². The highest BCUT2D eigenvalue weighted by atomic mass is 79.9. The van der Waals surface area contributed by atoms with Crippen molar-refractivity contribution in [2.24, 2.45) is 5.92 Å². The minimum atomic E-state index is 0.694. The Hall–Kier alpha value is -1.04. The van der Waals surface area contributed by atoms with Crippen LogP contribution in [0.3, 0.4) is 0 Å². The van der Waals surface area contributed by atoms with Crippen LogP contribution < -0.4 is 4.90 Å². The summed E-state index contributed by atoms with van der Waals surface area (Å²) in [6, 6.07) is 6.10. The van der Waals surface area contributed by atoms with Gasteiger partial charge in [-0.1, -0.05) is 24.9 Å². The summed E-state index contributed by atoms with van der Waals surface area (Å²) >= 11 is 13.6. The number of hydrogen-bond donors (Lipinski definition) is 0. The lowest BCUT2D eigenvalue weighted by atomic mass is 9.94. The van der Waals surface area contributed by atoms with E-state index < -0.39 is 0 Å². The summed E-state index contributed by atoms with van der Waals surface area (Å²) in [7, 11) is 0. The van der Waals surface area contributed by atoms with Gasteiger partial charge in [0.1, 0.15) is 5.65 Å². The monoisotopic (exact) mass is 523 g/mol. The number of pyridine rings is 1. The molecule has 0 N–H and O–H groups in total. The first-order valence-corrected chi connectivity index (χ1v) is 11.7. The number of anilines is 1. The summed E-state index contributed by atoms with van der Waals surface area (Å²) in [5.74, 6) is 0.862. The SMILES string of the molecule is CCC1CCN(c2cc(C)nc3c2c(C)cn3-c2c(Br)cc(Cl)cc2Br)CC1. The molecule has 0 atom stereocenters. The average molecular weight is 526 g/mol. The van der Waals surface area contributed by atoms with Gasteiger partial charge in [0.25, 0.3) is 0 Å². The van der Waals surface area contributed by atoms with Gasteiger partial charge in [-0.15, -0.1) is 0 Å². The molecule has 148 valence electrons. The number of aromatic nitrogens is 2. The second-order valence-electron chi connectivity index (χ2n) is 7.72. The van der Waals surface area contributed by atoms with Crippen LogP contribution in [0.1, 0.15) is 37.4 Å². The number of halogens is 3. The Balaban J connectivity index is 1.88. The number of benzene rings is 1. The molecule has 0 spiro atoms. The van der Waals surface area contributed by atoms with Crippen LogP contribution in [-0.2, 0) is 0 Å². The Morgan fingerprint density at radius 3 is 2.36 bits per heavy atom. The van der Waals surface area contributed by atoms with E-state index in [1.165, 1.54) is 35.9 Å². The molecule has 3 nitrogen and oxygen atoms in total. The fourth-order valence-electron chi connectivity index (χ4n) is 4.28. The molecular weight excluding hydrogens is 502 g/mol. The third kappa shape index (κ3) is 3.61. The summed E-state index contributed by atoms with van der Waals surface area (Å²) in [6.45, 7) is 8.81. The molecule has 0 bridgehead atoms. The van der Waals surface area contributed by atoms with Gasteiger partial charge >= 0.3 is 0 Å². The molecule has 1 aliphatic rings. The van der Waals surface area contributed by atoms with E-state index in [-0.39, 0.29) is 0 Å². The Kier molecular flexibility index (Phi) is 5.78. The Bertz CT molecular complexity index is 1010. The lowest BCUT2D eigenvalue weighted by molar-refractivity contribution is 0.395. The minimum absolute atomic E-state index is 0.694. The summed E-state index contributed by atoms with van der Waals surface area (Å²) in [5, 5.41) is 1.94. The lowest BCUT2D eigenvalue weighted by Crippen LogP contribution is -2.33. The van der Waals surface area contributed by atoms with E-state index in [9.17, 15) is 0 Å². The number of rotatable bonds is 3. The van der Waals surface area contributed by atoms with Gasteiger partial charge in [-0.25, -0.2) is 4.98 Å². The van der Waals surface area contributed by atoms with Crippen LogP contribution in [0.4, 0.5) is 5.69 Å². The second kappa shape index (κ2) is 8.00. The van der Waals surface area contributed by atoms with Gasteiger partial charge in [-0.2, -0.15) is 0 Å². The predicted molar refractivity (Wildman–Crippen MR) is 126 cm³/mol. The maximum Gasteiger partial charge on any atom is 0.147 e. The molecule has 3 aromatic rings. The Morgan fingerprint density at radius 1 is 1.11 bits per heavy atom.